The van der Waals surface area contributed by atoms with Crippen LogP contribution in [0.15, 0.2) is 29.4 Å². The van der Waals surface area contributed by atoms with Gasteiger partial charge in [0.25, 0.3) is 0 Å². The van der Waals surface area contributed by atoms with Gasteiger partial charge in [-0.1, -0.05) is 12.1 Å². The van der Waals surface area contributed by atoms with Crippen LogP contribution in [0, 0.1) is 5.92 Å². The lowest BCUT2D eigenvalue weighted by Crippen LogP contribution is -2.38. The molecule has 0 aromatic heterocycles. The highest BCUT2D eigenvalue weighted by Gasteiger charge is 2.35. The molecule has 1 aromatic carbocycles. The van der Waals surface area contributed by atoms with Gasteiger partial charge in [0.2, 0.25) is 0 Å². The van der Waals surface area contributed by atoms with E-state index in [1.807, 2.05) is 0 Å². The fraction of sp³-hybridized carbons (Fsp3) is 0.462. The third-order valence-corrected chi connectivity index (χ3v) is 3.70. The molecule has 0 aliphatic carbocycles. The molecule has 19 heavy (non-hydrogen) atoms. The van der Waals surface area contributed by atoms with Crippen molar-refractivity contribution in [3.63, 3.8) is 0 Å². The lowest BCUT2D eigenvalue weighted by atomic mass is 9.87. The monoisotopic (exact) mass is 269 g/mol. The molecule has 0 saturated carbocycles. The fourth-order valence-corrected chi connectivity index (χ4v) is 2.65. The first-order valence-corrected chi connectivity index (χ1v) is 6.25. The number of halogens is 3. The second-order valence-corrected chi connectivity index (χ2v) is 4.89. The molecule has 0 amide bonds. The number of benzene rings is 1. The highest BCUT2D eigenvalue weighted by atomic mass is 19.4. The SMILES string of the molecule is FC(F)(F)c1ccc(C2NN=C3CCNCC32)cc1. The van der Waals surface area contributed by atoms with E-state index < -0.39 is 11.7 Å². The molecular weight excluding hydrogens is 255 g/mol. The van der Waals surface area contributed by atoms with Crippen molar-refractivity contribution in [2.24, 2.45) is 11.0 Å². The van der Waals surface area contributed by atoms with Gasteiger partial charge in [0.1, 0.15) is 0 Å². The minimum absolute atomic E-state index is 0.0231. The summed E-state index contributed by atoms with van der Waals surface area (Å²) in [7, 11) is 0. The van der Waals surface area contributed by atoms with Crippen LogP contribution in [0.2, 0.25) is 0 Å². The maximum atomic E-state index is 12.5. The molecule has 1 fully saturated rings. The number of nitrogens with one attached hydrogen (secondary N) is 2. The molecule has 1 saturated heterocycles. The van der Waals surface area contributed by atoms with Crippen molar-refractivity contribution in [3.8, 4) is 0 Å². The minimum Gasteiger partial charge on any atom is -0.316 e. The maximum Gasteiger partial charge on any atom is 0.416 e. The van der Waals surface area contributed by atoms with Gasteiger partial charge < -0.3 is 10.7 Å². The van der Waals surface area contributed by atoms with Crippen molar-refractivity contribution >= 4 is 5.71 Å². The summed E-state index contributed by atoms with van der Waals surface area (Å²) in [6.07, 6.45) is -3.38. The molecule has 0 spiro atoms. The van der Waals surface area contributed by atoms with E-state index in [1.54, 1.807) is 0 Å². The zero-order chi connectivity index (χ0) is 13.5. The Bertz CT molecular complexity index is 493. The van der Waals surface area contributed by atoms with Crippen LogP contribution in [0.4, 0.5) is 13.2 Å². The zero-order valence-electron chi connectivity index (χ0n) is 10.2. The molecule has 3 nitrogen and oxygen atoms in total. The highest BCUT2D eigenvalue weighted by molar-refractivity contribution is 5.89. The highest BCUT2D eigenvalue weighted by Crippen LogP contribution is 2.33. The Morgan fingerprint density at radius 3 is 2.58 bits per heavy atom. The largest absolute Gasteiger partial charge is 0.416 e. The second-order valence-electron chi connectivity index (χ2n) is 4.89. The van der Waals surface area contributed by atoms with Crippen molar-refractivity contribution in [2.45, 2.75) is 18.6 Å². The molecule has 1 aromatic rings. The van der Waals surface area contributed by atoms with E-state index in [2.05, 4.69) is 15.8 Å². The number of hydrogen-bond acceptors (Lipinski definition) is 3. The predicted molar refractivity (Wildman–Crippen MR) is 65.7 cm³/mol. The summed E-state index contributed by atoms with van der Waals surface area (Å²) in [6.45, 7) is 1.73. The summed E-state index contributed by atoms with van der Waals surface area (Å²) >= 11 is 0. The van der Waals surface area contributed by atoms with E-state index in [0.717, 1.165) is 42.9 Å². The van der Waals surface area contributed by atoms with Gasteiger partial charge in [-0.25, -0.2) is 0 Å². The van der Waals surface area contributed by atoms with E-state index >= 15 is 0 Å². The summed E-state index contributed by atoms with van der Waals surface area (Å²) in [4.78, 5) is 0. The first-order chi connectivity index (χ1) is 9.05. The normalized spacial score (nSPS) is 26.6. The van der Waals surface area contributed by atoms with Gasteiger partial charge in [0.15, 0.2) is 0 Å². The molecule has 2 unspecified atom stereocenters. The van der Waals surface area contributed by atoms with Crippen LogP contribution in [0.5, 0.6) is 0 Å². The van der Waals surface area contributed by atoms with Crippen molar-refractivity contribution in [1.82, 2.24) is 10.7 Å². The van der Waals surface area contributed by atoms with E-state index in [0.29, 0.717) is 0 Å². The molecular formula is C13H14F3N3. The summed E-state index contributed by atoms with van der Waals surface area (Å²) in [5.74, 6) is 0.241. The molecule has 102 valence electrons. The number of hydrogen-bond donors (Lipinski definition) is 2. The Morgan fingerprint density at radius 1 is 1.16 bits per heavy atom. The predicted octanol–water partition coefficient (Wildman–Crippen LogP) is 2.32. The molecule has 2 aliphatic rings. The average Bonchev–Trinajstić information content (AvgIpc) is 2.82. The number of nitrogens with zero attached hydrogens (tertiary/aromatic N) is 1. The molecule has 6 heteroatoms. The Morgan fingerprint density at radius 2 is 1.89 bits per heavy atom. The van der Waals surface area contributed by atoms with Crippen molar-refractivity contribution in [2.75, 3.05) is 13.1 Å². The number of fused-ring (bicyclic) bond motifs is 1. The molecule has 0 radical (unpaired) electrons. The van der Waals surface area contributed by atoms with Crippen LogP contribution >= 0.6 is 0 Å². The molecule has 2 N–H and O–H groups in total. The Kier molecular flexibility index (Phi) is 2.97. The summed E-state index contributed by atoms with van der Waals surface area (Å²) < 4.78 is 37.6. The topological polar surface area (TPSA) is 36.4 Å². The average molecular weight is 269 g/mol. The molecule has 3 rings (SSSR count). The van der Waals surface area contributed by atoms with E-state index in [-0.39, 0.29) is 12.0 Å². The molecule has 2 atom stereocenters. The summed E-state index contributed by atoms with van der Waals surface area (Å²) in [6, 6.07) is 5.31. The van der Waals surface area contributed by atoms with Gasteiger partial charge in [-0.05, 0) is 17.7 Å². The fourth-order valence-electron chi connectivity index (χ4n) is 2.65. The third kappa shape index (κ3) is 2.32. The van der Waals surface area contributed by atoms with Crippen molar-refractivity contribution < 1.29 is 13.2 Å². The molecule has 2 aliphatic heterocycles. The van der Waals surface area contributed by atoms with Gasteiger partial charge in [-0.2, -0.15) is 18.3 Å². The van der Waals surface area contributed by atoms with Gasteiger partial charge in [-0.3, -0.25) is 0 Å². The quantitative estimate of drug-likeness (QED) is 0.821. The smallest absolute Gasteiger partial charge is 0.316 e. The number of piperidine rings is 1. The van der Waals surface area contributed by atoms with E-state index in [1.165, 1.54) is 12.1 Å². The lowest BCUT2D eigenvalue weighted by Gasteiger charge is -2.25. The van der Waals surface area contributed by atoms with Crippen LogP contribution < -0.4 is 10.7 Å². The van der Waals surface area contributed by atoms with Crippen molar-refractivity contribution in [3.05, 3.63) is 35.4 Å². The first-order valence-electron chi connectivity index (χ1n) is 6.25. The number of rotatable bonds is 1. The standard InChI is InChI=1S/C13H14F3N3/c14-13(15,16)9-3-1-8(2-4-9)12-10-7-17-6-5-11(10)18-19-12/h1-4,10,12,17,19H,5-7H2. The van der Waals surface area contributed by atoms with Gasteiger partial charge in [0.05, 0.1) is 11.6 Å². The number of hydrazone groups is 1. The maximum absolute atomic E-state index is 12.5. The Balaban J connectivity index is 1.80. The summed E-state index contributed by atoms with van der Waals surface area (Å²) in [5.41, 5.74) is 4.39. The van der Waals surface area contributed by atoms with Crippen LogP contribution in [0.3, 0.4) is 0 Å². The lowest BCUT2D eigenvalue weighted by molar-refractivity contribution is -0.137. The van der Waals surface area contributed by atoms with Crippen LogP contribution in [0.25, 0.3) is 0 Å². The Labute approximate surface area is 108 Å². The first kappa shape index (κ1) is 12.5. The molecule has 0 bridgehead atoms. The van der Waals surface area contributed by atoms with Crippen LogP contribution in [0.1, 0.15) is 23.6 Å². The van der Waals surface area contributed by atoms with Crippen LogP contribution in [-0.4, -0.2) is 18.8 Å². The third-order valence-electron chi connectivity index (χ3n) is 3.70. The van der Waals surface area contributed by atoms with Crippen LogP contribution in [-0.2, 0) is 6.18 Å². The molecule has 2 heterocycles. The Hall–Kier alpha value is -1.56. The van der Waals surface area contributed by atoms with Gasteiger partial charge in [0, 0.05) is 31.1 Å². The van der Waals surface area contributed by atoms with Gasteiger partial charge >= 0.3 is 6.18 Å². The van der Waals surface area contributed by atoms with E-state index in [9.17, 15) is 13.2 Å². The second kappa shape index (κ2) is 4.52. The zero-order valence-corrected chi connectivity index (χ0v) is 10.2. The minimum atomic E-state index is -4.28. The van der Waals surface area contributed by atoms with E-state index in [4.69, 9.17) is 0 Å². The summed E-state index contributed by atoms with van der Waals surface area (Å²) in [5, 5.41) is 7.58. The van der Waals surface area contributed by atoms with Gasteiger partial charge in [-0.15, -0.1) is 0 Å². The van der Waals surface area contributed by atoms with Crippen molar-refractivity contribution in [1.29, 1.82) is 0 Å². The number of alkyl halides is 3.